The first kappa shape index (κ1) is 12.7. The Morgan fingerprint density at radius 3 is 2.50 bits per heavy atom. The highest BCUT2D eigenvalue weighted by molar-refractivity contribution is 5.96. The molecule has 0 fully saturated rings. The van der Waals surface area contributed by atoms with E-state index in [0.29, 0.717) is 0 Å². The molecule has 96 valence electrons. The van der Waals surface area contributed by atoms with Gasteiger partial charge in [-0.3, -0.25) is 0 Å². The molecule has 0 aliphatic carbocycles. The number of nitrogens with two attached hydrogens (primary N) is 1. The van der Waals surface area contributed by atoms with E-state index < -0.39 is 0 Å². The second-order valence-corrected chi connectivity index (χ2v) is 4.70. The van der Waals surface area contributed by atoms with E-state index in [1.807, 2.05) is 36.4 Å². The summed E-state index contributed by atoms with van der Waals surface area (Å²) in [7, 11) is 4.14. The van der Waals surface area contributed by atoms with Crippen LogP contribution in [0.3, 0.4) is 0 Å². The number of ether oxygens (including phenoxy) is 1. The topological polar surface area (TPSA) is 38.5 Å². The Labute approximate surface area is 108 Å². The molecule has 0 spiro atoms. The van der Waals surface area contributed by atoms with Crippen molar-refractivity contribution in [1.82, 2.24) is 4.90 Å². The summed E-state index contributed by atoms with van der Waals surface area (Å²) >= 11 is 0. The maximum absolute atomic E-state index is 5.96. The first-order valence-electron chi connectivity index (χ1n) is 6.23. The molecule has 2 aromatic carbocycles. The van der Waals surface area contributed by atoms with Crippen LogP contribution in [-0.2, 0) is 0 Å². The van der Waals surface area contributed by atoms with Crippen LogP contribution >= 0.6 is 0 Å². The lowest BCUT2D eigenvalue weighted by Gasteiger charge is -2.12. The zero-order chi connectivity index (χ0) is 13.0. The third-order valence-electron chi connectivity index (χ3n) is 2.93. The van der Waals surface area contributed by atoms with Crippen molar-refractivity contribution >= 4 is 16.5 Å². The Bertz CT molecular complexity index is 523. The van der Waals surface area contributed by atoms with Gasteiger partial charge in [-0.05, 0) is 32.6 Å². The van der Waals surface area contributed by atoms with Crippen molar-refractivity contribution < 1.29 is 4.74 Å². The molecule has 0 aliphatic heterocycles. The van der Waals surface area contributed by atoms with Crippen LogP contribution in [0.2, 0.25) is 0 Å². The van der Waals surface area contributed by atoms with E-state index >= 15 is 0 Å². The second kappa shape index (κ2) is 5.74. The van der Waals surface area contributed by atoms with Gasteiger partial charge in [0.25, 0.3) is 0 Å². The van der Waals surface area contributed by atoms with Gasteiger partial charge < -0.3 is 15.4 Å². The Morgan fingerprint density at radius 2 is 1.78 bits per heavy atom. The number of hydrogen-bond acceptors (Lipinski definition) is 3. The molecule has 0 amide bonds. The summed E-state index contributed by atoms with van der Waals surface area (Å²) in [5, 5.41) is 2.14. The predicted molar refractivity (Wildman–Crippen MR) is 77.0 cm³/mol. The summed E-state index contributed by atoms with van der Waals surface area (Å²) in [6, 6.07) is 11.9. The minimum absolute atomic E-state index is 0.728. The fourth-order valence-electron chi connectivity index (χ4n) is 1.98. The molecule has 18 heavy (non-hydrogen) atoms. The number of benzene rings is 2. The van der Waals surface area contributed by atoms with Gasteiger partial charge in [0.05, 0.1) is 6.61 Å². The molecule has 0 saturated carbocycles. The normalized spacial score (nSPS) is 11.1. The van der Waals surface area contributed by atoms with Gasteiger partial charge in [-0.1, -0.05) is 24.3 Å². The number of rotatable bonds is 5. The molecular formula is C15H20N2O. The van der Waals surface area contributed by atoms with Gasteiger partial charge in [-0.25, -0.2) is 0 Å². The summed E-state index contributed by atoms with van der Waals surface area (Å²) in [6.07, 6.45) is 1.02. The van der Waals surface area contributed by atoms with Gasteiger partial charge in [0.15, 0.2) is 0 Å². The summed E-state index contributed by atoms with van der Waals surface area (Å²) in [5.41, 5.74) is 6.75. The van der Waals surface area contributed by atoms with Crippen molar-refractivity contribution in [3.63, 3.8) is 0 Å². The monoisotopic (exact) mass is 244 g/mol. The standard InChI is InChI=1S/C15H20N2O/c1-17(2)10-5-11-18-15-9-8-14(16)12-6-3-4-7-13(12)15/h3-4,6-9H,5,10-11,16H2,1-2H3. The molecule has 3 nitrogen and oxygen atoms in total. The molecule has 0 heterocycles. The molecular weight excluding hydrogens is 224 g/mol. The number of fused-ring (bicyclic) bond motifs is 1. The molecule has 0 aromatic heterocycles. The number of nitrogens with zero attached hydrogens (tertiary/aromatic N) is 1. The highest BCUT2D eigenvalue weighted by Gasteiger charge is 2.04. The van der Waals surface area contributed by atoms with Gasteiger partial charge in [0.1, 0.15) is 5.75 Å². The maximum Gasteiger partial charge on any atom is 0.127 e. The minimum atomic E-state index is 0.728. The van der Waals surface area contributed by atoms with Crippen LogP contribution in [0, 0.1) is 0 Å². The zero-order valence-electron chi connectivity index (χ0n) is 11.0. The number of nitrogen functional groups attached to an aromatic ring is 1. The van der Waals surface area contributed by atoms with Gasteiger partial charge in [-0.2, -0.15) is 0 Å². The minimum Gasteiger partial charge on any atom is -0.493 e. The van der Waals surface area contributed by atoms with Crippen LogP contribution in [0.4, 0.5) is 5.69 Å². The SMILES string of the molecule is CN(C)CCCOc1ccc(N)c2ccccc12. The first-order valence-corrected chi connectivity index (χ1v) is 6.23. The molecule has 0 radical (unpaired) electrons. The summed E-state index contributed by atoms with van der Waals surface area (Å²) in [6.45, 7) is 1.76. The lowest BCUT2D eigenvalue weighted by molar-refractivity contribution is 0.284. The Kier molecular flexibility index (Phi) is 4.05. The van der Waals surface area contributed by atoms with E-state index in [-0.39, 0.29) is 0 Å². The highest BCUT2D eigenvalue weighted by atomic mass is 16.5. The van der Waals surface area contributed by atoms with Crippen LogP contribution in [0.25, 0.3) is 10.8 Å². The van der Waals surface area contributed by atoms with E-state index in [1.165, 1.54) is 0 Å². The van der Waals surface area contributed by atoms with Crippen LogP contribution in [-0.4, -0.2) is 32.1 Å². The zero-order valence-corrected chi connectivity index (χ0v) is 11.0. The molecule has 2 aromatic rings. The van der Waals surface area contributed by atoms with Gasteiger partial charge >= 0.3 is 0 Å². The van der Waals surface area contributed by atoms with Gasteiger partial charge in [0.2, 0.25) is 0 Å². The van der Waals surface area contributed by atoms with Gasteiger partial charge in [0, 0.05) is 23.0 Å². The van der Waals surface area contributed by atoms with E-state index in [2.05, 4.69) is 19.0 Å². The molecule has 0 aliphatic rings. The van der Waals surface area contributed by atoms with Crippen molar-refractivity contribution in [1.29, 1.82) is 0 Å². The molecule has 0 bridgehead atoms. The number of anilines is 1. The Balaban J connectivity index is 2.11. The van der Waals surface area contributed by atoms with Crippen LogP contribution in [0.5, 0.6) is 5.75 Å². The quantitative estimate of drug-likeness (QED) is 0.649. The summed E-state index contributed by atoms with van der Waals surface area (Å²) in [4.78, 5) is 2.16. The largest absolute Gasteiger partial charge is 0.493 e. The molecule has 3 heteroatoms. The van der Waals surface area contributed by atoms with Gasteiger partial charge in [-0.15, -0.1) is 0 Å². The Hall–Kier alpha value is -1.74. The first-order chi connectivity index (χ1) is 8.68. The fraction of sp³-hybridized carbons (Fsp3) is 0.333. The maximum atomic E-state index is 5.96. The third kappa shape index (κ3) is 2.93. The van der Waals surface area contributed by atoms with Crippen molar-refractivity contribution in [3.8, 4) is 5.75 Å². The third-order valence-corrected chi connectivity index (χ3v) is 2.93. The lowest BCUT2D eigenvalue weighted by Crippen LogP contribution is -2.15. The molecule has 2 N–H and O–H groups in total. The van der Waals surface area contributed by atoms with Crippen LogP contribution < -0.4 is 10.5 Å². The Morgan fingerprint density at radius 1 is 1.06 bits per heavy atom. The fourth-order valence-corrected chi connectivity index (χ4v) is 1.98. The molecule has 2 rings (SSSR count). The van der Waals surface area contributed by atoms with Crippen molar-refractivity contribution in [3.05, 3.63) is 36.4 Å². The number of hydrogen-bond donors (Lipinski definition) is 1. The molecule has 0 unspecified atom stereocenters. The van der Waals surface area contributed by atoms with Crippen molar-refractivity contribution in [2.24, 2.45) is 0 Å². The van der Waals surface area contributed by atoms with E-state index in [9.17, 15) is 0 Å². The molecule has 0 saturated heterocycles. The highest BCUT2D eigenvalue weighted by Crippen LogP contribution is 2.29. The smallest absolute Gasteiger partial charge is 0.127 e. The second-order valence-electron chi connectivity index (χ2n) is 4.70. The van der Waals surface area contributed by atoms with E-state index in [4.69, 9.17) is 10.5 Å². The van der Waals surface area contributed by atoms with Crippen molar-refractivity contribution in [2.75, 3.05) is 33.0 Å². The van der Waals surface area contributed by atoms with Crippen molar-refractivity contribution in [2.45, 2.75) is 6.42 Å². The van der Waals surface area contributed by atoms with Crippen LogP contribution in [0.1, 0.15) is 6.42 Å². The summed E-state index contributed by atoms with van der Waals surface area (Å²) in [5.74, 6) is 0.915. The van der Waals surface area contributed by atoms with Crippen LogP contribution in [0.15, 0.2) is 36.4 Å². The summed E-state index contributed by atoms with van der Waals surface area (Å²) < 4.78 is 5.84. The average molecular weight is 244 g/mol. The lowest BCUT2D eigenvalue weighted by atomic mass is 10.1. The molecule has 0 atom stereocenters. The predicted octanol–water partition coefficient (Wildman–Crippen LogP) is 2.75. The average Bonchev–Trinajstić information content (AvgIpc) is 2.37. The van der Waals surface area contributed by atoms with E-state index in [1.54, 1.807) is 0 Å². The van der Waals surface area contributed by atoms with E-state index in [0.717, 1.165) is 41.8 Å².